The zero-order valence-electron chi connectivity index (χ0n) is 24.4. The Hall–Kier alpha value is -4.05. The van der Waals surface area contributed by atoms with Crippen molar-refractivity contribution >= 4 is 17.9 Å². The Bertz CT molecular complexity index is 1280. The van der Waals surface area contributed by atoms with Crippen molar-refractivity contribution in [2.24, 2.45) is 0 Å². The number of hydrogen-bond donors (Lipinski definition) is 1. The van der Waals surface area contributed by atoms with Crippen LogP contribution in [0.1, 0.15) is 54.7 Å². The fourth-order valence-corrected chi connectivity index (χ4v) is 3.73. The maximum atomic E-state index is 12.8. The molecule has 3 aromatic carbocycles. The summed E-state index contributed by atoms with van der Waals surface area (Å²) in [7, 11) is 0. The molecule has 0 aliphatic heterocycles. The quantitative estimate of drug-likeness (QED) is 0.203. The number of hydrogen-bond acceptors (Lipinski definition) is 9. The number of carbonyl (C=O) groups excluding carboxylic acids is 3. The predicted octanol–water partition coefficient (Wildman–Crippen LogP) is 4.63. The standard InChI is InChI=1S/C33H38O9/c1-22-5-11-26(12-6-22)31(35)40-25(4)18-38-20-30(42-33(37)28-15-9-24(3)10-16-28)21-39-19-29(17-34)41-32(36)27-13-7-23(2)8-14-27/h5-16,25,29-30,34H,17-21H2,1-4H3. The van der Waals surface area contributed by atoms with Gasteiger partial charge in [-0.05, 0) is 64.1 Å². The lowest BCUT2D eigenvalue weighted by Gasteiger charge is -2.21. The van der Waals surface area contributed by atoms with Crippen LogP contribution in [0.4, 0.5) is 0 Å². The van der Waals surface area contributed by atoms with Crippen molar-refractivity contribution in [1.82, 2.24) is 0 Å². The second kappa shape index (κ2) is 16.4. The van der Waals surface area contributed by atoms with Crippen LogP contribution in [0.2, 0.25) is 0 Å². The van der Waals surface area contributed by atoms with E-state index >= 15 is 0 Å². The first-order valence-electron chi connectivity index (χ1n) is 13.7. The largest absolute Gasteiger partial charge is 0.457 e. The average Bonchev–Trinajstić information content (AvgIpc) is 2.97. The predicted molar refractivity (Wildman–Crippen MR) is 156 cm³/mol. The molecule has 3 rings (SSSR count). The summed E-state index contributed by atoms with van der Waals surface area (Å²) in [5.41, 5.74) is 4.19. The molecule has 0 heterocycles. The topological polar surface area (TPSA) is 118 Å². The van der Waals surface area contributed by atoms with Gasteiger partial charge in [0, 0.05) is 0 Å². The highest BCUT2D eigenvalue weighted by Gasteiger charge is 2.21. The molecule has 9 nitrogen and oxygen atoms in total. The Morgan fingerprint density at radius 2 is 0.881 bits per heavy atom. The van der Waals surface area contributed by atoms with Crippen LogP contribution in [0.3, 0.4) is 0 Å². The molecule has 3 unspecified atom stereocenters. The molecule has 0 spiro atoms. The van der Waals surface area contributed by atoms with Gasteiger partial charge in [-0.15, -0.1) is 0 Å². The number of benzene rings is 3. The van der Waals surface area contributed by atoms with E-state index in [0.29, 0.717) is 16.7 Å². The van der Waals surface area contributed by atoms with Crippen LogP contribution >= 0.6 is 0 Å². The zero-order valence-corrected chi connectivity index (χ0v) is 24.4. The van der Waals surface area contributed by atoms with Crippen molar-refractivity contribution in [3.05, 3.63) is 106 Å². The third kappa shape index (κ3) is 10.7. The second-order valence-electron chi connectivity index (χ2n) is 10.1. The van der Waals surface area contributed by atoms with Gasteiger partial charge in [0.05, 0.1) is 49.7 Å². The van der Waals surface area contributed by atoms with Crippen LogP contribution in [-0.2, 0) is 23.7 Å². The molecule has 0 aliphatic carbocycles. The van der Waals surface area contributed by atoms with Gasteiger partial charge < -0.3 is 28.8 Å². The molecule has 3 aromatic rings. The molecule has 224 valence electrons. The lowest BCUT2D eigenvalue weighted by molar-refractivity contribution is -0.0714. The third-order valence-corrected chi connectivity index (χ3v) is 6.18. The summed E-state index contributed by atoms with van der Waals surface area (Å²) in [6, 6.07) is 20.8. The molecule has 1 N–H and O–H groups in total. The SMILES string of the molecule is Cc1ccc(C(=O)OC(C)COCC(COCC(CO)OC(=O)c2ccc(C)cc2)OC(=O)c2ccc(C)cc2)cc1. The summed E-state index contributed by atoms with van der Waals surface area (Å²) >= 11 is 0. The summed E-state index contributed by atoms with van der Waals surface area (Å²) in [4.78, 5) is 37.6. The first-order chi connectivity index (χ1) is 20.1. The lowest BCUT2D eigenvalue weighted by Crippen LogP contribution is -2.33. The minimum Gasteiger partial charge on any atom is -0.457 e. The van der Waals surface area contributed by atoms with Crippen molar-refractivity contribution in [3.8, 4) is 0 Å². The molecule has 0 saturated carbocycles. The molecule has 3 atom stereocenters. The Morgan fingerprint density at radius 1 is 0.548 bits per heavy atom. The highest BCUT2D eigenvalue weighted by Crippen LogP contribution is 2.11. The van der Waals surface area contributed by atoms with Gasteiger partial charge in [0.25, 0.3) is 0 Å². The Labute approximate surface area is 246 Å². The van der Waals surface area contributed by atoms with Crippen LogP contribution in [0.25, 0.3) is 0 Å². The minimum absolute atomic E-state index is 0.0447. The van der Waals surface area contributed by atoms with Crippen molar-refractivity contribution in [3.63, 3.8) is 0 Å². The Balaban J connectivity index is 1.53. The highest BCUT2D eigenvalue weighted by molar-refractivity contribution is 5.90. The van der Waals surface area contributed by atoms with E-state index in [1.54, 1.807) is 67.6 Å². The third-order valence-electron chi connectivity index (χ3n) is 6.18. The molecule has 9 heteroatoms. The van der Waals surface area contributed by atoms with Gasteiger partial charge in [0.2, 0.25) is 0 Å². The van der Waals surface area contributed by atoms with Crippen molar-refractivity contribution in [2.75, 3.05) is 33.0 Å². The van der Waals surface area contributed by atoms with Crippen LogP contribution in [0.5, 0.6) is 0 Å². The van der Waals surface area contributed by atoms with Crippen molar-refractivity contribution in [2.45, 2.75) is 46.0 Å². The van der Waals surface area contributed by atoms with Gasteiger partial charge in [-0.3, -0.25) is 0 Å². The van der Waals surface area contributed by atoms with E-state index < -0.39 is 42.8 Å². The maximum absolute atomic E-state index is 12.8. The molecule has 0 bridgehead atoms. The summed E-state index contributed by atoms with van der Waals surface area (Å²) < 4.78 is 27.8. The van der Waals surface area contributed by atoms with E-state index in [0.717, 1.165) is 16.7 Å². The van der Waals surface area contributed by atoms with Crippen LogP contribution in [0.15, 0.2) is 72.8 Å². The second-order valence-corrected chi connectivity index (χ2v) is 10.1. The maximum Gasteiger partial charge on any atom is 0.338 e. The van der Waals surface area contributed by atoms with Gasteiger partial charge in [0.1, 0.15) is 18.3 Å². The first kappa shape index (κ1) is 32.5. The van der Waals surface area contributed by atoms with Gasteiger partial charge in [-0.2, -0.15) is 0 Å². The fraction of sp³-hybridized carbons (Fsp3) is 0.364. The monoisotopic (exact) mass is 578 g/mol. The van der Waals surface area contributed by atoms with Crippen molar-refractivity contribution in [1.29, 1.82) is 0 Å². The number of aliphatic hydroxyl groups excluding tert-OH is 1. The zero-order chi connectivity index (χ0) is 30.5. The van der Waals surface area contributed by atoms with Gasteiger partial charge in [-0.25, -0.2) is 14.4 Å². The van der Waals surface area contributed by atoms with Crippen LogP contribution in [0, 0.1) is 20.8 Å². The average molecular weight is 579 g/mol. The molecule has 0 fully saturated rings. The molecule has 0 radical (unpaired) electrons. The molecule has 0 aliphatic rings. The molecular formula is C33H38O9. The first-order valence-corrected chi connectivity index (χ1v) is 13.7. The van der Waals surface area contributed by atoms with E-state index in [9.17, 15) is 19.5 Å². The van der Waals surface area contributed by atoms with E-state index in [1.165, 1.54) is 0 Å². The molecule has 42 heavy (non-hydrogen) atoms. The summed E-state index contributed by atoms with van der Waals surface area (Å²) in [5.74, 6) is -1.61. The number of ether oxygens (including phenoxy) is 5. The number of carbonyl (C=O) groups is 3. The van der Waals surface area contributed by atoms with E-state index in [4.69, 9.17) is 23.7 Å². The molecule has 0 saturated heterocycles. The highest BCUT2D eigenvalue weighted by atomic mass is 16.6. The lowest BCUT2D eigenvalue weighted by atomic mass is 10.1. The smallest absolute Gasteiger partial charge is 0.338 e. The van der Waals surface area contributed by atoms with E-state index in [2.05, 4.69) is 0 Å². The van der Waals surface area contributed by atoms with Crippen LogP contribution in [-0.4, -0.2) is 74.4 Å². The molecule has 0 aromatic heterocycles. The Morgan fingerprint density at radius 3 is 1.29 bits per heavy atom. The van der Waals surface area contributed by atoms with Gasteiger partial charge in [0.15, 0.2) is 0 Å². The number of rotatable bonds is 15. The van der Waals surface area contributed by atoms with E-state index in [-0.39, 0.29) is 26.4 Å². The minimum atomic E-state index is -0.922. The van der Waals surface area contributed by atoms with E-state index in [1.807, 2.05) is 32.9 Å². The summed E-state index contributed by atoms with van der Waals surface area (Å²) in [5, 5.41) is 9.71. The van der Waals surface area contributed by atoms with Crippen molar-refractivity contribution < 1.29 is 43.2 Å². The normalized spacial score (nSPS) is 13.1. The summed E-state index contributed by atoms with van der Waals surface area (Å²) in [6.07, 6.45) is -2.31. The number of aryl methyl sites for hydroxylation is 3. The number of aliphatic hydroxyl groups is 1. The summed E-state index contributed by atoms with van der Waals surface area (Å²) in [6.45, 7) is 6.79. The van der Waals surface area contributed by atoms with Gasteiger partial charge in [-0.1, -0.05) is 53.1 Å². The number of esters is 3. The molecular weight excluding hydrogens is 540 g/mol. The fourth-order valence-electron chi connectivity index (χ4n) is 3.73. The Kier molecular flexibility index (Phi) is 12.7. The van der Waals surface area contributed by atoms with Gasteiger partial charge >= 0.3 is 17.9 Å². The molecule has 0 amide bonds. The van der Waals surface area contributed by atoms with Crippen LogP contribution < -0.4 is 0 Å².